The summed E-state index contributed by atoms with van der Waals surface area (Å²) in [6.45, 7) is -0.569. The van der Waals surface area contributed by atoms with Crippen LogP contribution in [-0.4, -0.2) is 41.8 Å². The van der Waals surface area contributed by atoms with Gasteiger partial charge in [0.2, 0.25) is 0 Å². The SMILES string of the molecule is COC(=O)C(CO)NC(=O)c1ccc(Br)c(O)c1. The van der Waals surface area contributed by atoms with Crippen LogP contribution in [0.25, 0.3) is 0 Å². The lowest BCUT2D eigenvalue weighted by Crippen LogP contribution is -2.44. The normalized spacial score (nSPS) is 11.7. The second-order valence-electron chi connectivity index (χ2n) is 3.40. The van der Waals surface area contributed by atoms with E-state index in [4.69, 9.17) is 5.11 Å². The standard InChI is InChI=1S/C11H12BrNO5/c1-18-11(17)8(5-14)13-10(16)6-2-3-7(12)9(15)4-6/h2-4,8,14-15H,5H2,1H3,(H,13,16). The van der Waals surface area contributed by atoms with Gasteiger partial charge in [-0.05, 0) is 34.1 Å². The van der Waals surface area contributed by atoms with E-state index >= 15 is 0 Å². The summed E-state index contributed by atoms with van der Waals surface area (Å²) in [5, 5.41) is 20.7. The van der Waals surface area contributed by atoms with Gasteiger partial charge in [0, 0.05) is 5.56 Å². The number of nitrogens with one attached hydrogen (secondary N) is 1. The number of amides is 1. The van der Waals surface area contributed by atoms with Gasteiger partial charge in [-0.2, -0.15) is 0 Å². The number of hydrogen-bond donors (Lipinski definition) is 3. The van der Waals surface area contributed by atoms with Gasteiger partial charge in [0.15, 0.2) is 6.04 Å². The molecule has 0 aliphatic heterocycles. The van der Waals surface area contributed by atoms with E-state index in [9.17, 15) is 14.7 Å². The lowest BCUT2D eigenvalue weighted by atomic mass is 10.2. The van der Waals surface area contributed by atoms with Gasteiger partial charge in [0.05, 0.1) is 18.2 Å². The van der Waals surface area contributed by atoms with Crippen molar-refractivity contribution in [2.75, 3.05) is 13.7 Å². The molecular formula is C11H12BrNO5. The van der Waals surface area contributed by atoms with Gasteiger partial charge >= 0.3 is 5.97 Å². The number of methoxy groups -OCH3 is 1. The van der Waals surface area contributed by atoms with Crippen LogP contribution >= 0.6 is 15.9 Å². The number of hydrogen-bond acceptors (Lipinski definition) is 5. The van der Waals surface area contributed by atoms with Crippen molar-refractivity contribution in [2.45, 2.75) is 6.04 Å². The summed E-state index contributed by atoms with van der Waals surface area (Å²) < 4.78 is 4.86. The Hall–Kier alpha value is -1.60. The van der Waals surface area contributed by atoms with Crippen molar-refractivity contribution in [2.24, 2.45) is 0 Å². The molecule has 1 atom stereocenters. The fraction of sp³-hybridized carbons (Fsp3) is 0.273. The van der Waals surface area contributed by atoms with Gasteiger partial charge in [-0.25, -0.2) is 4.79 Å². The fourth-order valence-corrected chi connectivity index (χ4v) is 1.46. The summed E-state index contributed by atoms with van der Waals surface area (Å²) in [6, 6.07) is 3.07. The van der Waals surface area contributed by atoms with Gasteiger partial charge in [-0.3, -0.25) is 4.79 Å². The smallest absolute Gasteiger partial charge is 0.330 e. The molecule has 0 aliphatic carbocycles. The van der Waals surface area contributed by atoms with Crippen molar-refractivity contribution >= 4 is 27.8 Å². The zero-order valence-corrected chi connectivity index (χ0v) is 11.1. The highest BCUT2D eigenvalue weighted by molar-refractivity contribution is 9.10. The molecule has 98 valence electrons. The maximum Gasteiger partial charge on any atom is 0.330 e. The van der Waals surface area contributed by atoms with Crippen molar-refractivity contribution in [3.05, 3.63) is 28.2 Å². The van der Waals surface area contributed by atoms with Gasteiger partial charge < -0.3 is 20.3 Å². The Kier molecular flexibility index (Phi) is 5.11. The van der Waals surface area contributed by atoms with Crippen LogP contribution in [-0.2, 0) is 9.53 Å². The number of carbonyl (C=O) groups excluding carboxylic acids is 2. The van der Waals surface area contributed by atoms with E-state index in [0.717, 1.165) is 7.11 Å². The lowest BCUT2D eigenvalue weighted by molar-refractivity contribution is -0.143. The third-order valence-corrected chi connectivity index (χ3v) is 2.85. The minimum atomic E-state index is -1.13. The number of rotatable bonds is 4. The van der Waals surface area contributed by atoms with Crippen molar-refractivity contribution < 1.29 is 24.5 Å². The van der Waals surface area contributed by atoms with Crippen LogP contribution in [0.15, 0.2) is 22.7 Å². The number of ether oxygens (including phenoxy) is 1. The first-order valence-corrected chi connectivity index (χ1v) is 5.77. The van der Waals surface area contributed by atoms with E-state index in [2.05, 4.69) is 26.0 Å². The Morgan fingerprint density at radius 2 is 2.17 bits per heavy atom. The molecule has 0 fully saturated rings. The van der Waals surface area contributed by atoms with Crippen LogP contribution in [0, 0.1) is 0 Å². The molecule has 1 amide bonds. The molecule has 0 aromatic heterocycles. The molecule has 1 aromatic carbocycles. The van der Waals surface area contributed by atoms with Crippen LogP contribution in [0.2, 0.25) is 0 Å². The molecule has 1 rings (SSSR count). The van der Waals surface area contributed by atoms with Crippen LogP contribution in [0.5, 0.6) is 5.75 Å². The Bertz CT molecular complexity index is 463. The largest absolute Gasteiger partial charge is 0.507 e. The number of esters is 1. The second kappa shape index (κ2) is 6.36. The van der Waals surface area contributed by atoms with Crippen LogP contribution in [0.3, 0.4) is 0 Å². The first-order valence-electron chi connectivity index (χ1n) is 4.97. The molecule has 0 spiro atoms. The minimum absolute atomic E-state index is 0.0960. The molecule has 1 unspecified atom stereocenters. The molecular weight excluding hydrogens is 306 g/mol. The highest BCUT2D eigenvalue weighted by Gasteiger charge is 2.21. The Morgan fingerprint density at radius 1 is 1.50 bits per heavy atom. The second-order valence-corrected chi connectivity index (χ2v) is 4.25. The number of phenols is 1. The van der Waals surface area contributed by atoms with Crippen LogP contribution < -0.4 is 5.32 Å². The van der Waals surface area contributed by atoms with Crippen molar-refractivity contribution in [3.63, 3.8) is 0 Å². The van der Waals surface area contributed by atoms with Gasteiger partial charge in [0.25, 0.3) is 5.91 Å². The topological polar surface area (TPSA) is 95.9 Å². The number of phenolic OH excluding ortho intramolecular Hbond substituents is 1. The molecule has 0 aliphatic rings. The third kappa shape index (κ3) is 3.44. The number of benzene rings is 1. The highest BCUT2D eigenvalue weighted by Crippen LogP contribution is 2.24. The van der Waals surface area contributed by atoms with Gasteiger partial charge in [-0.15, -0.1) is 0 Å². The predicted molar refractivity (Wildman–Crippen MR) is 66.2 cm³/mol. The molecule has 0 saturated carbocycles. The quantitative estimate of drug-likeness (QED) is 0.699. The molecule has 7 heteroatoms. The van der Waals surface area contributed by atoms with Crippen LogP contribution in [0.1, 0.15) is 10.4 Å². The summed E-state index contributed by atoms with van der Waals surface area (Å²) in [5.41, 5.74) is 0.165. The first kappa shape index (κ1) is 14.5. The van der Waals surface area contributed by atoms with Crippen molar-refractivity contribution in [1.82, 2.24) is 5.32 Å². The van der Waals surface area contributed by atoms with Crippen LogP contribution in [0.4, 0.5) is 0 Å². The Balaban J connectivity index is 2.81. The highest BCUT2D eigenvalue weighted by atomic mass is 79.9. The third-order valence-electron chi connectivity index (χ3n) is 2.18. The molecule has 0 radical (unpaired) electrons. The first-order chi connectivity index (χ1) is 8.49. The minimum Gasteiger partial charge on any atom is -0.507 e. The monoisotopic (exact) mass is 317 g/mol. The summed E-state index contributed by atoms with van der Waals surface area (Å²) in [7, 11) is 1.16. The summed E-state index contributed by atoms with van der Waals surface area (Å²) in [6.07, 6.45) is 0. The fourth-order valence-electron chi connectivity index (χ4n) is 1.22. The molecule has 3 N–H and O–H groups in total. The van der Waals surface area contributed by atoms with Crippen molar-refractivity contribution in [1.29, 1.82) is 0 Å². The average molecular weight is 318 g/mol. The van der Waals surface area contributed by atoms with E-state index < -0.39 is 24.5 Å². The number of aliphatic hydroxyl groups is 1. The Morgan fingerprint density at radius 3 is 2.67 bits per heavy atom. The molecule has 0 saturated heterocycles. The maximum absolute atomic E-state index is 11.7. The summed E-state index contributed by atoms with van der Waals surface area (Å²) in [4.78, 5) is 22.9. The van der Waals surface area contributed by atoms with Crippen molar-refractivity contribution in [3.8, 4) is 5.75 Å². The molecule has 0 bridgehead atoms. The van der Waals surface area contributed by atoms with Gasteiger partial charge in [0.1, 0.15) is 5.75 Å². The molecule has 0 heterocycles. The lowest BCUT2D eigenvalue weighted by Gasteiger charge is -2.13. The number of aliphatic hydroxyl groups excluding tert-OH is 1. The van der Waals surface area contributed by atoms with E-state index in [0.29, 0.717) is 4.47 Å². The molecule has 1 aromatic rings. The number of carbonyl (C=O) groups is 2. The summed E-state index contributed by atoms with van der Waals surface area (Å²) >= 11 is 3.08. The predicted octanol–water partition coefficient (Wildman–Crippen LogP) is 0.418. The maximum atomic E-state index is 11.7. The van der Waals surface area contributed by atoms with Gasteiger partial charge in [-0.1, -0.05) is 0 Å². The van der Waals surface area contributed by atoms with E-state index in [1.165, 1.54) is 18.2 Å². The van der Waals surface area contributed by atoms with E-state index in [-0.39, 0.29) is 11.3 Å². The average Bonchev–Trinajstić information content (AvgIpc) is 2.37. The summed E-state index contributed by atoms with van der Waals surface area (Å²) in [5.74, 6) is -1.43. The van der Waals surface area contributed by atoms with E-state index in [1.54, 1.807) is 0 Å². The number of halogens is 1. The Labute approximate surface area is 112 Å². The molecule has 18 heavy (non-hydrogen) atoms. The zero-order valence-electron chi connectivity index (χ0n) is 9.51. The molecule has 6 nitrogen and oxygen atoms in total. The number of aromatic hydroxyl groups is 1. The zero-order chi connectivity index (χ0) is 13.7. The van der Waals surface area contributed by atoms with E-state index in [1.807, 2.05) is 0 Å².